The van der Waals surface area contributed by atoms with E-state index in [0.717, 1.165) is 62.4 Å². The zero-order valence-corrected chi connectivity index (χ0v) is 22.0. The van der Waals surface area contributed by atoms with Crippen LogP contribution in [0.5, 0.6) is 0 Å². The Morgan fingerprint density at radius 2 is 1.86 bits per heavy atom. The number of carbonyl (C=O) groups is 2. The highest BCUT2D eigenvalue weighted by atomic mass is 16.5. The number of rotatable bonds is 5. The molecule has 9 heteroatoms. The van der Waals surface area contributed by atoms with Crippen LogP contribution in [0.2, 0.25) is 0 Å². The zero-order chi connectivity index (χ0) is 25.8. The van der Waals surface area contributed by atoms with Crippen molar-refractivity contribution in [3.8, 4) is 0 Å². The van der Waals surface area contributed by atoms with Crippen LogP contribution in [-0.2, 0) is 20.7 Å². The Morgan fingerprint density at radius 1 is 1.17 bits per heavy atom. The number of nitrogens with zero attached hydrogens (tertiary/aromatic N) is 4. The predicted octanol–water partition coefficient (Wildman–Crippen LogP) is 4.21. The summed E-state index contributed by atoms with van der Waals surface area (Å²) in [6.07, 6.45) is 10.1. The maximum Gasteiger partial charge on any atom is 0.336 e. The molecule has 3 aliphatic rings. The number of aryl methyl sites for hydroxylation is 1. The smallest absolute Gasteiger partial charge is 0.336 e. The number of amides is 1. The number of hydrogen-bond donors (Lipinski definition) is 2. The molecule has 0 unspecified atom stereocenters. The van der Waals surface area contributed by atoms with Crippen molar-refractivity contribution in [1.82, 2.24) is 20.5 Å². The van der Waals surface area contributed by atoms with Crippen molar-refractivity contribution in [2.24, 2.45) is 22.2 Å². The standard InChI is InChI=1S/C14H19NO3.C7H11N5.C5H12/c1-10-11(9-18-12(10)16)15-8-7-14(13(15)17)5-3-2-4-6-14;1-2-6-3-4-7(12-11-6)9-5-10-8;1-4-5(2)3/h2-9H2,1H3;3-5H,2,8H2,1H3,(H,9,10,12);5H,4H2,1-3H3. The molecule has 2 aliphatic heterocycles. The summed E-state index contributed by atoms with van der Waals surface area (Å²) >= 11 is 0. The second-order valence-corrected chi connectivity index (χ2v) is 9.66. The second kappa shape index (κ2) is 13.9. The zero-order valence-electron chi connectivity index (χ0n) is 22.0. The van der Waals surface area contributed by atoms with E-state index in [0.29, 0.717) is 11.4 Å². The number of aromatic nitrogens is 2. The van der Waals surface area contributed by atoms with Crippen LogP contribution in [0, 0.1) is 11.3 Å². The van der Waals surface area contributed by atoms with E-state index in [1.165, 1.54) is 19.2 Å². The van der Waals surface area contributed by atoms with Gasteiger partial charge in [0, 0.05) is 6.54 Å². The molecular weight excluding hydrogens is 444 g/mol. The predicted molar refractivity (Wildman–Crippen MR) is 138 cm³/mol. The summed E-state index contributed by atoms with van der Waals surface area (Å²) in [5.74, 6) is 6.37. The van der Waals surface area contributed by atoms with Gasteiger partial charge in [0.05, 0.1) is 22.4 Å². The third kappa shape index (κ3) is 7.85. The van der Waals surface area contributed by atoms with Gasteiger partial charge in [0.1, 0.15) is 12.9 Å². The van der Waals surface area contributed by atoms with E-state index >= 15 is 0 Å². The molecular formula is C26H42N6O3. The highest BCUT2D eigenvalue weighted by Crippen LogP contribution is 2.46. The van der Waals surface area contributed by atoms with Crippen LogP contribution < -0.4 is 11.3 Å². The normalized spacial score (nSPS) is 19.0. The number of hydrazine groups is 1. The van der Waals surface area contributed by atoms with Gasteiger partial charge in [-0.3, -0.25) is 4.79 Å². The fourth-order valence-electron chi connectivity index (χ4n) is 4.23. The van der Waals surface area contributed by atoms with Crippen LogP contribution in [0.25, 0.3) is 0 Å². The Bertz CT molecular complexity index is 889. The third-order valence-corrected chi connectivity index (χ3v) is 6.88. The molecule has 0 bridgehead atoms. The Labute approximate surface area is 209 Å². The SMILES string of the molecule is CC1=C(N2CCC3(CCCCC3)C2=O)COC1=O.CCC(C)C.CCc1ccc(N=CNN)nn1. The molecule has 0 radical (unpaired) electrons. The number of esters is 1. The molecule has 0 aromatic carbocycles. The van der Waals surface area contributed by atoms with Gasteiger partial charge in [0.25, 0.3) is 0 Å². The minimum atomic E-state index is -0.276. The number of ether oxygens (including phenoxy) is 1. The number of nitrogens with two attached hydrogens (primary N) is 1. The van der Waals surface area contributed by atoms with Crippen molar-refractivity contribution in [1.29, 1.82) is 0 Å². The van der Waals surface area contributed by atoms with Crippen molar-refractivity contribution < 1.29 is 14.3 Å². The minimum absolute atomic E-state index is 0.128. The monoisotopic (exact) mass is 486 g/mol. The topological polar surface area (TPSA) is 123 Å². The molecule has 3 heterocycles. The lowest BCUT2D eigenvalue weighted by Crippen LogP contribution is -2.36. The lowest BCUT2D eigenvalue weighted by Gasteiger charge is -2.31. The van der Waals surface area contributed by atoms with Crippen molar-refractivity contribution >= 4 is 24.0 Å². The maximum absolute atomic E-state index is 12.6. The highest BCUT2D eigenvalue weighted by molar-refractivity contribution is 5.94. The second-order valence-electron chi connectivity index (χ2n) is 9.66. The number of hydrogen-bond acceptors (Lipinski definition) is 7. The van der Waals surface area contributed by atoms with Crippen LogP contribution in [0.4, 0.5) is 5.82 Å². The van der Waals surface area contributed by atoms with Gasteiger partial charge in [-0.1, -0.05) is 53.4 Å². The Balaban J connectivity index is 0.000000220. The van der Waals surface area contributed by atoms with Crippen LogP contribution >= 0.6 is 0 Å². The van der Waals surface area contributed by atoms with Crippen LogP contribution in [0.1, 0.15) is 85.3 Å². The molecule has 0 atom stereocenters. The largest absolute Gasteiger partial charge is 0.456 e. The summed E-state index contributed by atoms with van der Waals surface area (Å²) in [5.41, 5.74) is 4.52. The molecule has 1 saturated heterocycles. The molecule has 1 aliphatic carbocycles. The average molecular weight is 487 g/mol. The summed E-state index contributed by atoms with van der Waals surface area (Å²) in [7, 11) is 0. The lowest BCUT2D eigenvalue weighted by molar-refractivity contribution is -0.138. The van der Waals surface area contributed by atoms with Crippen molar-refractivity contribution in [2.45, 2.75) is 86.0 Å². The molecule has 1 saturated carbocycles. The van der Waals surface area contributed by atoms with Gasteiger partial charge in [0.2, 0.25) is 5.91 Å². The van der Waals surface area contributed by atoms with Gasteiger partial charge in [-0.05, 0) is 50.7 Å². The fourth-order valence-corrected chi connectivity index (χ4v) is 4.23. The molecule has 1 amide bonds. The molecule has 2 fully saturated rings. The fraction of sp³-hybridized carbons (Fsp3) is 0.654. The van der Waals surface area contributed by atoms with E-state index in [1.807, 2.05) is 17.9 Å². The first-order valence-electron chi connectivity index (χ1n) is 12.8. The van der Waals surface area contributed by atoms with Gasteiger partial charge < -0.3 is 15.1 Å². The van der Waals surface area contributed by atoms with E-state index in [1.54, 1.807) is 13.0 Å². The molecule has 1 aromatic heterocycles. The van der Waals surface area contributed by atoms with Gasteiger partial charge in [-0.2, -0.15) is 5.10 Å². The lowest BCUT2D eigenvalue weighted by atomic mass is 9.73. The average Bonchev–Trinajstić information content (AvgIpc) is 3.37. The van der Waals surface area contributed by atoms with Crippen LogP contribution in [0.3, 0.4) is 0 Å². The van der Waals surface area contributed by atoms with Crippen molar-refractivity contribution in [3.05, 3.63) is 29.1 Å². The van der Waals surface area contributed by atoms with Crippen LogP contribution in [-0.4, -0.2) is 46.5 Å². The van der Waals surface area contributed by atoms with Gasteiger partial charge in [-0.15, -0.1) is 5.10 Å². The first-order valence-corrected chi connectivity index (χ1v) is 12.8. The van der Waals surface area contributed by atoms with E-state index in [9.17, 15) is 9.59 Å². The highest BCUT2D eigenvalue weighted by Gasteiger charge is 2.48. The van der Waals surface area contributed by atoms with E-state index < -0.39 is 0 Å². The summed E-state index contributed by atoms with van der Waals surface area (Å²) in [4.78, 5) is 29.7. The van der Waals surface area contributed by atoms with Gasteiger partial charge in [-0.25, -0.2) is 15.6 Å². The Morgan fingerprint density at radius 3 is 2.34 bits per heavy atom. The van der Waals surface area contributed by atoms with Gasteiger partial charge >= 0.3 is 5.97 Å². The summed E-state index contributed by atoms with van der Waals surface area (Å²) < 4.78 is 5.01. The number of carbonyl (C=O) groups excluding carboxylic acids is 2. The number of aliphatic imine (C=N–C) groups is 1. The summed E-state index contributed by atoms with van der Waals surface area (Å²) in [5, 5.41) is 7.76. The quantitative estimate of drug-likeness (QED) is 0.210. The van der Waals surface area contributed by atoms with Gasteiger partial charge in [0.15, 0.2) is 5.82 Å². The van der Waals surface area contributed by atoms with Crippen molar-refractivity contribution in [2.75, 3.05) is 13.2 Å². The van der Waals surface area contributed by atoms with E-state index in [4.69, 9.17) is 10.6 Å². The summed E-state index contributed by atoms with van der Waals surface area (Å²) in [6, 6.07) is 3.68. The first kappa shape index (κ1) is 28.4. The minimum Gasteiger partial charge on any atom is -0.456 e. The molecule has 194 valence electrons. The molecule has 35 heavy (non-hydrogen) atoms. The van der Waals surface area contributed by atoms with E-state index in [2.05, 4.69) is 41.4 Å². The molecule has 1 aromatic rings. The molecule has 1 spiro atoms. The van der Waals surface area contributed by atoms with E-state index in [-0.39, 0.29) is 23.9 Å². The Hall–Kier alpha value is -2.81. The van der Waals surface area contributed by atoms with Crippen molar-refractivity contribution in [3.63, 3.8) is 0 Å². The molecule has 9 nitrogen and oxygen atoms in total. The molecule has 3 N–H and O–H groups in total. The van der Waals surface area contributed by atoms with Crippen LogP contribution in [0.15, 0.2) is 28.4 Å². The first-order chi connectivity index (χ1) is 16.8. The number of nitrogens with one attached hydrogen (secondary N) is 1. The third-order valence-electron chi connectivity index (χ3n) is 6.88. The summed E-state index contributed by atoms with van der Waals surface area (Å²) in [6.45, 7) is 11.4. The number of cyclic esters (lactones) is 1. The maximum atomic E-state index is 12.6. The molecule has 4 rings (SSSR count). The Kier molecular flexibility index (Phi) is 11.3. The number of likely N-dealkylation sites (tertiary alicyclic amines) is 1.